The fourth-order valence-corrected chi connectivity index (χ4v) is 3.53. The molecule has 26 heavy (non-hydrogen) atoms. The van der Waals surface area contributed by atoms with Gasteiger partial charge in [-0.25, -0.2) is 4.79 Å². The molecule has 3 rings (SSSR count). The minimum atomic E-state index is -0.502. The molecule has 1 saturated heterocycles. The molecule has 142 valence electrons. The van der Waals surface area contributed by atoms with Crippen molar-refractivity contribution in [2.75, 3.05) is 13.1 Å². The van der Waals surface area contributed by atoms with Crippen molar-refractivity contribution < 1.29 is 14.3 Å². The summed E-state index contributed by atoms with van der Waals surface area (Å²) >= 11 is 0. The average molecular weight is 359 g/mol. The molecule has 1 heterocycles. The van der Waals surface area contributed by atoms with Crippen molar-refractivity contribution in [2.24, 2.45) is 5.73 Å². The van der Waals surface area contributed by atoms with E-state index in [4.69, 9.17) is 10.5 Å². The molecule has 2 amide bonds. The van der Waals surface area contributed by atoms with Crippen molar-refractivity contribution in [1.29, 1.82) is 0 Å². The summed E-state index contributed by atoms with van der Waals surface area (Å²) < 4.78 is 5.52. The summed E-state index contributed by atoms with van der Waals surface area (Å²) in [7, 11) is 0. The highest BCUT2D eigenvalue weighted by Gasteiger charge is 2.38. The van der Waals surface area contributed by atoms with Gasteiger partial charge < -0.3 is 20.3 Å². The fourth-order valence-electron chi connectivity index (χ4n) is 3.53. The number of nitrogens with zero attached hydrogens (tertiary/aromatic N) is 2. The number of ether oxygens (including phenoxy) is 1. The van der Waals surface area contributed by atoms with Crippen molar-refractivity contribution in [3.63, 3.8) is 0 Å². The van der Waals surface area contributed by atoms with Crippen LogP contribution in [0.4, 0.5) is 4.79 Å². The van der Waals surface area contributed by atoms with Crippen molar-refractivity contribution in [1.82, 2.24) is 9.80 Å². The van der Waals surface area contributed by atoms with Crippen LogP contribution in [0.2, 0.25) is 0 Å². The summed E-state index contributed by atoms with van der Waals surface area (Å²) in [5, 5.41) is 0. The number of carbonyl (C=O) groups is 2. The van der Waals surface area contributed by atoms with Gasteiger partial charge in [0.2, 0.25) is 5.91 Å². The van der Waals surface area contributed by atoms with Gasteiger partial charge in [-0.15, -0.1) is 0 Å². The van der Waals surface area contributed by atoms with Crippen molar-refractivity contribution in [3.05, 3.63) is 35.9 Å². The monoisotopic (exact) mass is 359 g/mol. The normalized spacial score (nSPS) is 21.2. The zero-order valence-electron chi connectivity index (χ0n) is 15.5. The molecule has 6 nitrogen and oxygen atoms in total. The SMILES string of the molecule is C[C@H](N)C(=O)N(C[C@@H]1CCCCN1C(=O)OCc1ccccc1)C1CC1. The second-order valence-electron chi connectivity index (χ2n) is 7.39. The lowest BCUT2D eigenvalue weighted by atomic mass is 10.0. The Morgan fingerprint density at radius 3 is 2.62 bits per heavy atom. The van der Waals surface area contributed by atoms with Crippen LogP contribution in [0.15, 0.2) is 30.3 Å². The van der Waals surface area contributed by atoms with Crippen LogP contribution in [0.5, 0.6) is 0 Å². The first-order valence-electron chi connectivity index (χ1n) is 9.59. The smallest absolute Gasteiger partial charge is 0.410 e. The second-order valence-corrected chi connectivity index (χ2v) is 7.39. The van der Waals surface area contributed by atoms with Crippen LogP contribution < -0.4 is 5.73 Å². The van der Waals surface area contributed by atoms with E-state index in [0.717, 1.165) is 37.7 Å². The maximum atomic E-state index is 12.6. The highest BCUT2D eigenvalue weighted by Crippen LogP contribution is 2.29. The molecule has 2 atom stereocenters. The molecule has 1 aromatic carbocycles. The molecule has 0 radical (unpaired) electrons. The maximum absolute atomic E-state index is 12.6. The zero-order chi connectivity index (χ0) is 18.5. The Bertz CT molecular complexity index is 616. The number of amides is 2. The molecular formula is C20H29N3O3. The predicted molar refractivity (Wildman–Crippen MR) is 99.4 cm³/mol. The lowest BCUT2D eigenvalue weighted by molar-refractivity contribution is -0.133. The Balaban J connectivity index is 1.61. The zero-order valence-corrected chi connectivity index (χ0v) is 15.5. The van der Waals surface area contributed by atoms with Crippen LogP contribution in [0, 0.1) is 0 Å². The molecule has 1 saturated carbocycles. The Kier molecular flexibility index (Phi) is 6.14. The molecule has 0 aromatic heterocycles. The largest absolute Gasteiger partial charge is 0.445 e. The van der Waals surface area contributed by atoms with Crippen LogP contribution in [0.3, 0.4) is 0 Å². The molecule has 6 heteroatoms. The van der Waals surface area contributed by atoms with E-state index >= 15 is 0 Å². The van der Waals surface area contributed by atoms with Crippen LogP contribution in [0.25, 0.3) is 0 Å². The molecule has 1 aromatic rings. The van der Waals surface area contributed by atoms with E-state index in [2.05, 4.69) is 0 Å². The quantitative estimate of drug-likeness (QED) is 0.847. The van der Waals surface area contributed by atoms with E-state index in [1.54, 1.807) is 11.8 Å². The topological polar surface area (TPSA) is 75.9 Å². The standard InChI is InChI=1S/C20H29N3O3/c1-15(21)19(24)23(17-10-11-17)13-18-9-5-6-12-22(18)20(25)26-14-16-7-3-2-4-8-16/h2-4,7-8,15,17-18H,5-6,9-14,21H2,1H3/t15-,18-/m0/s1. The summed E-state index contributed by atoms with van der Waals surface area (Å²) in [5.74, 6) is -0.0179. The molecule has 1 aliphatic carbocycles. The van der Waals surface area contributed by atoms with Gasteiger partial charge in [0.05, 0.1) is 12.1 Å². The third-order valence-electron chi connectivity index (χ3n) is 5.13. The molecule has 0 bridgehead atoms. The first kappa shape index (κ1) is 18.7. The van der Waals surface area contributed by atoms with Crippen LogP contribution in [-0.4, -0.2) is 53.0 Å². The first-order chi connectivity index (χ1) is 12.6. The van der Waals surface area contributed by atoms with E-state index in [1.165, 1.54) is 0 Å². The van der Waals surface area contributed by atoms with Crippen LogP contribution in [0.1, 0.15) is 44.6 Å². The Labute approximate surface area is 155 Å². The van der Waals surface area contributed by atoms with Gasteiger partial charge in [-0.2, -0.15) is 0 Å². The molecule has 0 unspecified atom stereocenters. The number of carbonyl (C=O) groups excluding carboxylic acids is 2. The van der Waals surface area contributed by atoms with E-state index in [0.29, 0.717) is 13.1 Å². The van der Waals surface area contributed by atoms with Gasteiger partial charge in [-0.1, -0.05) is 30.3 Å². The van der Waals surface area contributed by atoms with Crippen molar-refractivity contribution in [3.8, 4) is 0 Å². The molecular weight excluding hydrogens is 330 g/mol. The number of rotatable bonds is 6. The molecule has 2 aliphatic rings. The third-order valence-corrected chi connectivity index (χ3v) is 5.13. The molecule has 2 N–H and O–H groups in total. The minimum absolute atomic E-state index is 0.00956. The fraction of sp³-hybridized carbons (Fsp3) is 0.600. The van der Waals surface area contributed by atoms with Gasteiger partial charge in [0, 0.05) is 19.1 Å². The van der Waals surface area contributed by atoms with Crippen molar-refractivity contribution in [2.45, 2.75) is 63.8 Å². The van der Waals surface area contributed by atoms with E-state index in [1.807, 2.05) is 35.2 Å². The Morgan fingerprint density at radius 1 is 1.23 bits per heavy atom. The Morgan fingerprint density at radius 2 is 1.96 bits per heavy atom. The number of hydrogen-bond acceptors (Lipinski definition) is 4. The highest BCUT2D eigenvalue weighted by atomic mass is 16.6. The van der Waals surface area contributed by atoms with Crippen LogP contribution in [-0.2, 0) is 16.1 Å². The second kappa shape index (κ2) is 8.54. The van der Waals surface area contributed by atoms with Gasteiger partial charge >= 0.3 is 6.09 Å². The van der Waals surface area contributed by atoms with E-state index in [-0.39, 0.29) is 30.7 Å². The van der Waals surface area contributed by atoms with Gasteiger partial charge in [-0.05, 0) is 44.6 Å². The van der Waals surface area contributed by atoms with E-state index in [9.17, 15) is 9.59 Å². The summed E-state index contributed by atoms with van der Waals surface area (Å²) in [6, 6.07) is 9.48. The summed E-state index contributed by atoms with van der Waals surface area (Å²) in [5.41, 5.74) is 6.79. The summed E-state index contributed by atoms with van der Waals surface area (Å²) in [6.45, 7) is 3.24. The van der Waals surface area contributed by atoms with E-state index < -0.39 is 6.04 Å². The lowest BCUT2D eigenvalue weighted by Crippen LogP contribution is -2.53. The average Bonchev–Trinajstić information content (AvgIpc) is 3.49. The molecule has 1 aliphatic heterocycles. The van der Waals surface area contributed by atoms with Gasteiger partial charge in [0.25, 0.3) is 0 Å². The summed E-state index contributed by atoms with van der Waals surface area (Å²) in [4.78, 5) is 28.8. The Hall–Kier alpha value is -2.08. The van der Waals surface area contributed by atoms with Gasteiger partial charge in [0.1, 0.15) is 6.61 Å². The summed E-state index contributed by atoms with van der Waals surface area (Å²) in [6.07, 6.45) is 4.71. The first-order valence-corrected chi connectivity index (χ1v) is 9.59. The lowest BCUT2D eigenvalue weighted by Gasteiger charge is -2.38. The highest BCUT2D eigenvalue weighted by molar-refractivity contribution is 5.82. The maximum Gasteiger partial charge on any atom is 0.410 e. The minimum Gasteiger partial charge on any atom is -0.445 e. The number of likely N-dealkylation sites (tertiary alicyclic amines) is 1. The molecule has 0 spiro atoms. The number of benzene rings is 1. The van der Waals surface area contributed by atoms with Gasteiger partial charge in [0.15, 0.2) is 0 Å². The molecule has 2 fully saturated rings. The van der Waals surface area contributed by atoms with Crippen LogP contribution >= 0.6 is 0 Å². The predicted octanol–water partition coefficient (Wildman–Crippen LogP) is 2.52. The number of nitrogens with two attached hydrogens (primary N) is 1. The van der Waals surface area contributed by atoms with Gasteiger partial charge in [-0.3, -0.25) is 4.79 Å². The number of piperidine rings is 1. The van der Waals surface area contributed by atoms with Crippen molar-refractivity contribution >= 4 is 12.0 Å². The number of hydrogen-bond donors (Lipinski definition) is 1. The third kappa shape index (κ3) is 4.75.